The maximum absolute atomic E-state index is 12.5. The monoisotopic (exact) mass is 555 g/mol. The number of amides is 7. The van der Waals surface area contributed by atoms with Crippen LogP contribution in [0.15, 0.2) is 0 Å². The van der Waals surface area contributed by atoms with Crippen LogP contribution in [-0.2, 0) is 38.4 Å². The Balaban J connectivity index is 4.74. The summed E-state index contributed by atoms with van der Waals surface area (Å²) in [6, 6.07) is 0. The molecule has 0 radical (unpaired) electrons. The lowest BCUT2D eigenvalue weighted by Crippen LogP contribution is -2.48. The van der Waals surface area contributed by atoms with E-state index in [2.05, 4.69) is 0 Å². The van der Waals surface area contributed by atoms with Gasteiger partial charge in [-0.2, -0.15) is 0 Å². The molecule has 15 heteroatoms. The second-order valence-electron chi connectivity index (χ2n) is 9.58. The van der Waals surface area contributed by atoms with E-state index in [4.69, 9.17) is 0 Å². The quantitative estimate of drug-likeness (QED) is 0.217. The van der Waals surface area contributed by atoms with Crippen molar-refractivity contribution in [3.8, 4) is 0 Å². The summed E-state index contributed by atoms with van der Waals surface area (Å²) in [5.74, 6) is -3.48. The van der Waals surface area contributed by atoms with E-state index in [1.165, 1.54) is 73.0 Å². The number of hydrogen-bond donors (Lipinski definition) is 0. The predicted molar refractivity (Wildman–Crippen MR) is 140 cm³/mol. The second kappa shape index (κ2) is 16.0. The third-order valence-electron chi connectivity index (χ3n) is 5.79. The van der Waals surface area contributed by atoms with E-state index in [0.717, 1.165) is 24.5 Å². The summed E-state index contributed by atoms with van der Waals surface area (Å²) < 4.78 is 0. The largest absolute Gasteiger partial charge is 0.337 e. The van der Waals surface area contributed by atoms with Gasteiger partial charge >= 0.3 is 0 Å². The average Bonchev–Trinajstić information content (AvgIpc) is 2.82. The first-order chi connectivity index (χ1) is 17.9. The van der Waals surface area contributed by atoms with Gasteiger partial charge in [-0.05, 0) is 6.92 Å². The third-order valence-corrected chi connectivity index (χ3v) is 5.79. The first-order valence-electron chi connectivity index (χ1n) is 12.0. The predicted octanol–water partition coefficient (Wildman–Crippen LogP) is -3.20. The molecule has 0 unspecified atom stereocenters. The molecule has 0 aromatic rings. The maximum Gasteiger partial charge on any atom is 0.242 e. The minimum atomic E-state index is -0.541. The Bertz CT molecular complexity index is 970. The van der Waals surface area contributed by atoms with Gasteiger partial charge in [0, 0.05) is 56.3 Å². The molecule has 0 saturated heterocycles. The van der Waals surface area contributed by atoms with Gasteiger partial charge in [-0.15, -0.1) is 0 Å². The molecule has 0 aliphatic carbocycles. The summed E-state index contributed by atoms with van der Waals surface area (Å²) >= 11 is 0. The van der Waals surface area contributed by atoms with Crippen LogP contribution >= 0.6 is 0 Å². The van der Waals surface area contributed by atoms with Crippen LogP contribution < -0.4 is 0 Å². The van der Waals surface area contributed by atoms with Gasteiger partial charge in [0.2, 0.25) is 41.4 Å². The Morgan fingerprint density at radius 1 is 0.333 bits per heavy atom. The van der Waals surface area contributed by atoms with Gasteiger partial charge in [-0.3, -0.25) is 38.4 Å². The lowest BCUT2D eigenvalue weighted by molar-refractivity contribution is -0.145. The molecule has 0 fully saturated rings. The van der Waals surface area contributed by atoms with Crippen molar-refractivity contribution in [3.05, 3.63) is 0 Å². The zero-order valence-corrected chi connectivity index (χ0v) is 24.3. The van der Waals surface area contributed by atoms with Gasteiger partial charge in [0.25, 0.3) is 0 Å². The molecular formula is C24H41N7O8. The molecule has 15 nitrogen and oxygen atoms in total. The second-order valence-corrected chi connectivity index (χ2v) is 9.58. The summed E-state index contributed by atoms with van der Waals surface area (Å²) in [6.45, 7) is 0.785. The summed E-state index contributed by atoms with van der Waals surface area (Å²) in [6.07, 6.45) is 0. The van der Waals surface area contributed by atoms with Crippen molar-refractivity contribution in [3.63, 3.8) is 0 Å². The summed E-state index contributed by atoms with van der Waals surface area (Å²) in [5.41, 5.74) is 0. The molecule has 0 N–H and O–H groups in total. The molecule has 0 rings (SSSR count). The molecular weight excluding hydrogens is 514 g/mol. The highest BCUT2D eigenvalue weighted by Gasteiger charge is 2.24. The van der Waals surface area contributed by atoms with Crippen LogP contribution in [0.25, 0.3) is 0 Å². The van der Waals surface area contributed by atoms with Crippen molar-refractivity contribution in [1.82, 2.24) is 34.3 Å². The number of ketones is 1. The summed E-state index contributed by atoms with van der Waals surface area (Å²) in [7, 11) is 9.84. The minimum absolute atomic E-state index is 0.0754. The molecule has 0 aliphatic rings. The van der Waals surface area contributed by atoms with Crippen molar-refractivity contribution >= 4 is 47.1 Å². The van der Waals surface area contributed by atoms with E-state index in [1.54, 1.807) is 0 Å². The lowest BCUT2D eigenvalue weighted by atomic mass is 10.3. The van der Waals surface area contributed by atoms with Crippen LogP contribution in [-0.4, -0.2) is 177 Å². The Morgan fingerprint density at radius 3 is 0.692 bits per heavy atom. The van der Waals surface area contributed by atoms with Crippen molar-refractivity contribution < 1.29 is 38.4 Å². The van der Waals surface area contributed by atoms with Gasteiger partial charge in [0.15, 0.2) is 0 Å². The highest BCUT2D eigenvalue weighted by Crippen LogP contribution is 1.99. The van der Waals surface area contributed by atoms with E-state index in [1.807, 2.05) is 0 Å². The zero-order chi connectivity index (χ0) is 30.6. The molecule has 7 amide bonds. The first-order valence-corrected chi connectivity index (χ1v) is 12.0. The van der Waals surface area contributed by atoms with Crippen molar-refractivity contribution in [2.45, 2.75) is 13.8 Å². The molecule has 0 aromatic heterocycles. The van der Waals surface area contributed by atoms with Crippen molar-refractivity contribution in [2.75, 3.05) is 95.1 Å². The van der Waals surface area contributed by atoms with Crippen LogP contribution in [0.3, 0.4) is 0 Å². The number of rotatable bonds is 14. The van der Waals surface area contributed by atoms with Crippen LogP contribution in [0, 0.1) is 0 Å². The van der Waals surface area contributed by atoms with Crippen molar-refractivity contribution in [2.24, 2.45) is 0 Å². The van der Waals surface area contributed by atoms with Gasteiger partial charge < -0.3 is 34.3 Å². The zero-order valence-electron chi connectivity index (χ0n) is 24.3. The normalized spacial score (nSPS) is 10.2. The van der Waals surface area contributed by atoms with Gasteiger partial charge in [0.05, 0.1) is 45.8 Å². The van der Waals surface area contributed by atoms with E-state index in [9.17, 15) is 38.4 Å². The third kappa shape index (κ3) is 12.8. The number of hydrogen-bond acceptors (Lipinski definition) is 8. The van der Waals surface area contributed by atoms with Gasteiger partial charge in [-0.1, -0.05) is 0 Å². The van der Waals surface area contributed by atoms with Crippen LogP contribution in [0.5, 0.6) is 0 Å². The first kappa shape index (κ1) is 35.0. The lowest BCUT2D eigenvalue weighted by Gasteiger charge is -2.27. The van der Waals surface area contributed by atoms with E-state index < -0.39 is 35.4 Å². The molecule has 220 valence electrons. The molecule has 0 aliphatic heterocycles. The highest BCUT2D eigenvalue weighted by molar-refractivity contribution is 5.92. The maximum atomic E-state index is 12.5. The number of carbonyl (C=O) groups excluding carboxylic acids is 8. The Kier molecular flexibility index (Phi) is 14.4. The van der Waals surface area contributed by atoms with E-state index in [0.29, 0.717) is 0 Å². The smallest absolute Gasteiger partial charge is 0.242 e. The number of nitrogens with zero attached hydrogens (tertiary/aromatic N) is 7. The molecule has 0 spiro atoms. The fourth-order valence-electron chi connectivity index (χ4n) is 2.92. The minimum Gasteiger partial charge on any atom is -0.337 e. The number of likely N-dealkylation sites (N-methyl/N-ethyl adjacent to an activating group) is 7. The SMILES string of the molecule is CC(=O)CN(C)C(=O)CN(C)C(=O)CN(C)C(=O)CN(C)C(=O)CN(C)C(=O)CN(C)C(=O)CN(C)C(C)=O. The van der Waals surface area contributed by atoms with Gasteiger partial charge in [-0.25, -0.2) is 0 Å². The molecule has 0 bridgehead atoms. The van der Waals surface area contributed by atoms with Gasteiger partial charge in [0.1, 0.15) is 5.78 Å². The Hall–Kier alpha value is -4.04. The fraction of sp³-hybridized carbons (Fsp3) is 0.667. The Labute approximate surface area is 229 Å². The number of carbonyl (C=O) groups is 8. The molecule has 0 heterocycles. The van der Waals surface area contributed by atoms with Crippen LogP contribution in [0.4, 0.5) is 0 Å². The summed E-state index contributed by atoms with van der Waals surface area (Å²) in [4.78, 5) is 105. The molecule has 0 atom stereocenters. The van der Waals surface area contributed by atoms with Crippen LogP contribution in [0.2, 0.25) is 0 Å². The van der Waals surface area contributed by atoms with E-state index in [-0.39, 0.29) is 57.5 Å². The highest BCUT2D eigenvalue weighted by atomic mass is 16.2. The molecule has 0 saturated carbocycles. The fourth-order valence-corrected chi connectivity index (χ4v) is 2.92. The number of Topliss-reactive ketones (excluding diaryl/α,β-unsaturated/α-hetero) is 1. The topological polar surface area (TPSA) is 159 Å². The molecule has 39 heavy (non-hydrogen) atoms. The molecule has 0 aromatic carbocycles. The Morgan fingerprint density at radius 2 is 0.513 bits per heavy atom. The standard InChI is InChI=1S/C24H41N7O8/c1-17(32)10-26(4)20(35)12-28(6)22(37)14-30(8)24(39)16-31(9)23(38)15-29(7)21(36)13-27(5)19(34)11-25(3)18(2)33/h10-16H2,1-9H3. The average molecular weight is 556 g/mol. The van der Waals surface area contributed by atoms with Crippen LogP contribution in [0.1, 0.15) is 13.8 Å². The van der Waals surface area contributed by atoms with Crippen molar-refractivity contribution in [1.29, 1.82) is 0 Å². The van der Waals surface area contributed by atoms with E-state index >= 15 is 0 Å². The summed E-state index contributed by atoms with van der Waals surface area (Å²) in [5, 5.41) is 0.